The van der Waals surface area contributed by atoms with Gasteiger partial charge in [0.05, 0.1) is 17.8 Å². The lowest BCUT2D eigenvalue weighted by atomic mass is 10.2. The van der Waals surface area contributed by atoms with Crippen LogP contribution in [-0.2, 0) is 14.8 Å². The molecule has 1 aromatic rings. The van der Waals surface area contributed by atoms with Crippen LogP contribution in [0.25, 0.3) is 0 Å². The molecule has 0 aromatic carbocycles. The summed E-state index contributed by atoms with van der Waals surface area (Å²) in [6.07, 6.45) is -0.233. The number of aliphatic carboxylic acids is 1. The largest absolute Gasteiger partial charge is 0.481 e. The molecule has 0 spiro atoms. The lowest BCUT2D eigenvalue weighted by Crippen LogP contribution is -2.40. The summed E-state index contributed by atoms with van der Waals surface area (Å²) in [5.41, 5.74) is 0.844. The SMILES string of the molecule is CCN(C(C)CC(=O)O)S(=O)(=O)c1c(C)n[nH]c1C. The van der Waals surface area contributed by atoms with Crippen molar-refractivity contribution in [3.8, 4) is 0 Å². The van der Waals surface area contributed by atoms with Crippen molar-refractivity contribution in [1.82, 2.24) is 14.5 Å². The first-order chi connectivity index (χ1) is 8.71. The van der Waals surface area contributed by atoms with Crippen molar-refractivity contribution in [3.63, 3.8) is 0 Å². The Morgan fingerprint density at radius 3 is 2.42 bits per heavy atom. The number of nitrogens with zero attached hydrogens (tertiary/aromatic N) is 2. The number of aromatic amines is 1. The topological polar surface area (TPSA) is 103 Å². The number of hydrogen-bond donors (Lipinski definition) is 2. The van der Waals surface area contributed by atoms with E-state index in [1.165, 1.54) is 4.31 Å². The van der Waals surface area contributed by atoms with Gasteiger partial charge in [0.1, 0.15) is 4.90 Å². The van der Waals surface area contributed by atoms with Crippen molar-refractivity contribution in [2.45, 2.75) is 45.1 Å². The van der Waals surface area contributed by atoms with E-state index in [2.05, 4.69) is 10.2 Å². The zero-order valence-corrected chi connectivity index (χ0v) is 12.3. The zero-order valence-electron chi connectivity index (χ0n) is 11.5. The highest BCUT2D eigenvalue weighted by Gasteiger charge is 2.32. The van der Waals surface area contributed by atoms with E-state index in [0.29, 0.717) is 11.4 Å². The Hall–Kier alpha value is -1.41. The first kappa shape index (κ1) is 15.6. The predicted molar refractivity (Wildman–Crippen MR) is 69.3 cm³/mol. The number of rotatable bonds is 6. The van der Waals surface area contributed by atoms with Gasteiger partial charge in [-0.1, -0.05) is 6.92 Å². The molecule has 1 aromatic heterocycles. The second-order valence-electron chi connectivity index (χ2n) is 4.42. The van der Waals surface area contributed by atoms with Crippen molar-refractivity contribution < 1.29 is 18.3 Å². The molecular formula is C11H19N3O4S. The number of carbonyl (C=O) groups is 1. The normalized spacial score (nSPS) is 13.7. The van der Waals surface area contributed by atoms with E-state index in [4.69, 9.17) is 5.11 Å². The standard InChI is InChI=1S/C11H19N3O4S/c1-5-14(7(2)6-10(15)16)19(17,18)11-8(3)12-13-9(11)4/h7H,5-6H2,1-4H3,(H,12,13)(H,15,16). The van der Waals surface area contributed by atoms with Crippen molar-refractivity contribution in [1.29, 1.82) is 0 Å². The van der Waals surface area contributed by atoms with E-state index in [1.54, 1.807) is 27.7 Å². The first-order valence-electron chi connectivity index (χ1n) is 5.97. The summed E-state index contributed by atoms with van der Waals surface area (Å²) in [7, 11) is -3.74. The minimum absolute atomic E-state index is 0.131. The fourth-order valence-corrected chi connectivity index (χ4v) is 4.09. The van der Waals surface area contributed by atoms with Crippen molar-refractivity contribution in [2.75, 3.05) is 6.54 Å². The summed E-state index contributed by atoms with van der Waals surface area (Å²) in [6.45, 7) is 6.70. The fraction of sp³-hybridized carbons (Fsp3) is 0.636. The van der Waals surface area contributed by atoms with Gasteiger partial charge < -0.3 is 5.11 Å². The van der Waals surface area contributed by atoms with Crippen LogP contribution in [0.3, 0.4) is 0 Å². The molecule has 1 rings (SSSR count). The molecule has 108 valence electrons. The number of aryl methyl sites for hydroxylation is 2. The molecule has 2 N–H and O–H groups in total. The van der Waals surface area contributed by atoms with Gasteiger partial charge in [-0.3, -0.25) is 9.89 Å². The monoisotopic (exact) mass is 289 g/mol. The number of sulfonamides is 1. The smallest absolute Gasteiger partial charge is 0.304 e. The first-order valence-corrected chi connectivity index (χ1v) is 7.41. The Balaban J connectivity index is 3.20. The van der Waals surface area contributed by atoms with E-state index < -0.39 is 22.0 Å². The van der Waals surface area contributed by atoms with Crippen LogP contribution >= 0.6 is 0 Å². The predicted octanol–water partition coefficient (Wildman–Crippen LogP) is 0.900. The minimum Gasteiger partial charge on any atom is -0.481 e. The van der Waals surface area contributed by atoms with E-state index in [9.17, 15) is 13.2 Å². The molecule has 0 bridgehead atoms. The van der Waals surface area contributed by atoms with Crippen LogP contribution in [0.1, 0.15) is 31.7 Å². The highest BCUT2D eigenvalue weighted by molar-refractivity contribution is 7.89. The molecule has 7 nitrogen and oxygen atoms in total. The maximum Gasteiger partial charge on any atom is 0.304 e. The number of H-pyrrole nitrogens is 1. The third-order valence-corrected chi connectivity index (χ3v) is 5.25. The molecule has 0 aliphatic carbocycles. The molecule has 1 unspecified atom stereocenters. The highest BCUT2D eigenvalue weighted by Crippen LogP contribution is 2.23. The maximum atomic E-state index is 12.6. The number of carboxylic acid groups (broad SMARTS) is 1. The summed E-state index contributed by atoms with van der Waals surface area (Å²) in [4.78, 5) is 10.9. The van der Waals surface area contributed by atoms with Crippen LogP contribution in [0.5, 0.6) is 0 Å². The number of carboxylic acids is 1. The minimum atomic E-state index is -3.74. The number of hydrogen-bond acceptors (Lipinski definition) is 4. The van der Waals surface area contributed by atoms with Crippen molar-refractivity contribution in [3.05, 3.63) is 11.4 Å². The third kappa shape index (κ3) is 3.13. The molecular weight excluding hydrogens is 270 g/mol. The van der Waals surface area contributed by atoms with E-state index in [1.807, 2.05) is 0 Å². The Morgan fingerprint density at radius 2 is 2.05 bits per heavy atom. The fourth-order valence-electron chi connectivity index (χ4n) is 2.11. The van der Waals surface area contributed by atoms with Gasteiger partial charge in [-0.15, -0.1) is 0 Å². The van der Waals surface area contributed by atoms with Crippen LogP contribution in [-0.4, -0.2) is 46.6 Å². The van der Waals surface area contributed by atoms with E-state index in [-0.39, 0.29) is 17.9 Å². The Labute approximate surface area is 112 Å². The second-order valence-corrected chi connectivity index (χ2v) is 6.25. The summed E-state index contributed by atoms with van der Waals surface area (Å²) < 4.78 is 26.3. The molecule has 19 heavy (non-hydrogen) atoms. The van der Waals surface area contributed by atoms with Crippen LogP contribution in [0.2, 0.25) is 0 Å². The van der Waals surface area contributed by atoms with Crippen LogP contribution in [0, 0.1) is 13.8 Å². The molecule has 0 saturated carbocycles. The maximum absolute atomic E-state index is 12.6. The summed E-state index contributed by atoms with van der Waals surface area (Å²) >= 11 is 0. The Bertz CT molecular complexity index is 545. The lowest BCUT2D eigenvalue weighted by molar-refractivity contribution is -0.137. The summed E-state index contributed by atoms with van der Waals surface area (Å²) in [5.74, 6) is -1.03. The van der Waals surface area contributed by atoms with Crippen LogP contribution < -0.4 is 0 Å². The molecule has 0 aliphatic rings. The van der Waals surface area contributed by atoms with Crippen molar-refractivity contribution in [2.24, 2.45) is 0 Å². The van der Waals surface area contributed by atoms with Gasteiger partial charge in [0.2, 0.25) is 10.0 Å². The molecule has 8 heteroatoms. The average molecular weight is 289 g/mol. The van der Waals surface area contributed by atoms with Gasteiger partial charge in [0.15, 0.2) is 0 Å². The second kappa shape index (κ2) is 5.70. The van der Waals surface area contributed by atoms with E-state index in [0.717, 1.165) is 0 Å². The molecule has 0 radical (unpaired) electrons. The quantitative estimate of drug-likeness (QED) is 0.809. The molecule has 1 heterocycles. The van der Waals surface area contributed by atoms with Gasteiger partial charge in [0.25, 0.3) is 0 Å². The number of nitrogens with one attached hydrogen (secondary N) is 1. The van der Waals surface area contributed by atoms with Crippen LogP contribution in [0.4, 0.5) is 0 Å². The molecule has 0 fully saturated rings. The molecule has 0 amide bonds. The van der Waals surface area contributed by atoms with Gasteiger partial charge in [-0.05, 0) is 20.8 Å². The summed E-state index contributed by atoms with van der Waals surface area (Å²) in [6, 6.07) is -0.610. The molecule has 1 atom stereocenters. The van der Waals surface area contributed by atoms with E-state index >= 15 is 0 Å². The summed E-state index contributed by atoms with van der Waals surface area (Å²) in [5, 5.41) is 15.3. The average Bonchev–Trinajstić information content (AvgIpc) is 2.58. The van der Waals surface area contributed by atoms with Crippen molar-refractivity contribution >= 4 is 16.0 Å². The van der Waals surface area contributed by atoms with Gasteiger partial charge in [0, 0.05) is 12.6 Å². The zero-order chi connectivity index (χ0) is 14.8. The van der Waals surface area contributed by atoms with Crippen LogP contribution in [0.15, 0.2) is 4.90 Å². The third-order valence-electron chi connectivity index (χ3n) is 2.90. The lowest BCUT2D eigenvalue weighted by Gasteiger charge is -2.26. The van der Waals surface area contributed by atoms with Gasteiger partial charge in [-0.25, -0.2) is 8.42 Å². The van der Waals surface area contributed by atoms with Gasteiger partial charge in [-0.2, -0.15) is 9.40 Å². The number of aromatic nitrogens is 2. The molecule has 0 aliphatic heterocycles. The molecule has 0 saturated heterocycles. The Morgan fingerprint density at radius 1 is 1.47 bits per heavy atom. The van der Waals surface area contributed by atoms with Gasteiger partial charge >= 0.3 is 5.97 Å². The Kier molecular flexibility index (Phi) is 4.70. The highest BCUT2D eigenvalue weighted by atomic mass is 32.2.